The molecule has 24 heavy (non-hydrogen) atoms. The van der Waals surface area contributed by atoms with Crippen LogP contribution in [0, 0.1) is 0 Å². The van der Waals surface area contributed by atoms with E-state index in [2.05, 4.69) is 10.4 Å². The highest BCUT2D eigenvalue weighted by Gasteiger charge is 2.38. The van der Waals surface area contributed by atoms with Gasteiger partial charge < -0.3 is 9.47 Å². The first-order valence-corrected chi connectivity index (χ1v) is 7.86. The fraction of sp³-hybridized carbons (Fsp3) is 0.333. The number of hydrogen-bond acceptors (Lipinski definition) is 5. The van der Waals surface area contributed by atoms with Crippen molar-refractivity contribution < 1.29 is 14.3 Å². The Hall–Kier alpha value is -2.60. The van der Waals surface area contributed by atoms with Crippen LogP contribution < -0.4 is 19.9 Å². The minimum atomic E-state index is -0.228. The quantitative estimate of drug-likeness (QED) is 0.882. The summed E-state index contributed by atoms with van der Waals surface area (Å²) in [5, 5.41) is 1.57. The van der Waals surface area contributed by atoms with E-state index in [1.807, 2.05) is 30.3 Å². The van der Waals surface area contributed by atoms with E-state index < -0.39 is 0 Å². The van der Waals surface area contributed by atoms with Gasteiger partial charge in [0.05, 0.1) is 25.8 Å². The number of benzene rings is 1. The second kappa shape index (κ2) is 6.88. The average Bonchev–Trinajstić information content (AvgIpc) is 2.89. The molecule has 1 amide bonds. The van der Waals surface area contributed by atoms with E-state index in [0.29, 0.717) is 17.9 Å². The van der Waals surface area contributed by atoms with Crippen molar-refractivity contribution in [2.75, 3.05) is 26.3 Å². The van der Waals surface area contributed by atoms with Crippen LogP contribution in [0.5, 0.6) is 11.5 Å². The third-order valence-electron chi connectivity index (χ3n) is 4.31. The molecule has 2 heterocycles. The van der Waals surface area contributed by atoms with Crippen molar-refractivity contribution in [2.45, 2.75) is 18.8 Å². The molecule has 1 aliphatic rings. The van der Waals surface area contributed by atoms with Gasteiger partial charge in [0.1, 0.15) is 0 Å². The van der Waals surface area contributed by atoms with Crippen molar-refractivity contribution in [3.05, 3.63) is 47.8 Å². The molecule has 1 aromatic heterocycles. The van der Waals surface area contributed by atoms with Crippen LogP contribution in [0.15, 0.2) is 36.5 Å². The lowest BCUT2D eigenvalue weighted by Gasteiger charge is -2.17. The summed E-state index contributed by atoms with van der Waals surface area (Å²) in [4.78, 5) is 17.1. The molecule has 1 unspecified atom stereocenters. The number of rotatable bonds is 6. The topological polar surface area (TPSA) is 63.7 Å². The number of aromatic nitrogens is 1. The molecule has 6 nitrogen and oxygen atoms in total. The van der Waals surface area contributed by atoms with Gasteiger partial charge in [0.25, 0.3) is 0 Å². The molecule has 0 aliphatic carbocycles. The number of methoxy groups -OCH3 is 2. The summed E-state index contributed by atoms with van der Waals surface area (Å²) in [6, 6.07) is 9.56. The number of fused-ring (bicyclic) bond motifs is 1. The number of hydrogen-bond donors (Lipinski definition) is 1. The molecule has 1 aromatic carbocycles. The van der Waals surface area contributed by atoms with Gasteiger partial charge in [-0.05, 0) is 36.6 Å². The number of aryl methyl sites for hydroxylation is 1. The Kier molecular flexibility index (Phi) is 4.66. The van der Waals surface area contributed by atoms with E-state index in [-0.39, 0.29) is 11.8 Å². The third kappa shape index (κ3) is 2.80. The van der Waals surface area contributed by atoms with Gasteiger partial charge in [-0.1, -0.05) is 6.07 Å². The molecule has 3 rings (SSSR count). The van der Waals surface area contributed by atoms with Crippen LogP contribution in [0.4, 0.5) is 5.69 Å². The highest BCUT2D eigenvalue weighted by Crippen LogP contribution is 2.44. The molecular formula is C18H21N3O3. The minimum absolute atomic E-state index is 0.0266. The highest BCUT2D eigenvalue weighted by atomic mass is 16.5. The number of nitrogens with one attached hydrogen (secondary N) is 1. The summed E-state index contributed by atoms with van der Waals surface area (Å²) < 4.78 is 10.7. The maximum absolute atomic E-state index is 12.8. The van der Waals surface area contributed by atoms with E-state index in [9.17, 15) is 4.79 Å². The molecule has 2 aromatic rings. The van der Waals surface area contributed by atoms with Gasteiger partial charge in [0.2, 0.25) is 5.91 Å². The number of nitrogens with zero attached hydrogens (tertiary/aromatic N) is 2. The molecule has 1 N–H and O–H groups in total. The van der Waals surface area contributed by atoms with Crippen LogP contribution in [-0.2, 0) is 11.2 Å². The first-order valence-electron chi connectivity index (χ1n) is 7.86. The summed E-state index contributed by atoms with van der Waals surface area (Å²) in [6.45, 7) is 0. The van der Waals surface area contributed by atoms with Crippen molar-refractivity contribution in [1.82, 2.24) is 10.4 Å². The SMILES string of the molecule is CNN1C(=O)C(CCc2ccccn2)c2cc(OC)c(OC)cc21. The number of amides is 1. The maximum Gasteiger partial charge on any atom is 0.248 e. The van der Waals surface area contributed by atoms with Crippen molar-refractivity contribution in [3.8, 4) is 11.5 Å². The van der Waals surface area contributed by atoms with Crippen LogP contribution in [0.25, 0.3) is 0 Å². The Morgan fingerprint density at radius 2 is 1.96 bits per heavy atom. The summed E-state index contributed by atoms with van der Waals surface area (Å²) in [6.07, 6.45) is 3.20. The normalized spacial score (nSPS) is 16.2. The first kappa shape index (κ1) is 16.3. The fourth-order valence-electron chi connectivity index (χ4n) is 3.11. The summed E-state index contributed by atoms with van der Waals surface area (Å²) in [5.74, 6) is 1.03. The van der Waals surface area contributed by atoms with Crippen LogP contribution in [0.1, 0.15) is 23.6 Å². The lowest BCUT2D eigenvalue weighted by molar-refractivity contribution is -0.120. The third-order valence-corrected chi connectivity index (χ3v) is 4.31. The molecule has 0 saturated carbocycles. The molecule has 0 fully saturated rings. The molecule has 1 aliphatic heterocycles. The standard InChI is InChI=1S/C18H21N3O3/c1-19-21-15-11-17(24-3)16(23-2)10-14(15)13(18(21)22)8-7-12-6-4-5-9-20-12/h4-6,9-11,13,19H,7-8H2,1-3H3. The summed E-state index contributed by atoms with van der Waals surface area (Å²) >= 11 is 0. The van der Waals surface area contributed by atoms with E-state index >= 15 is 0 Å². The van der Waals surface area contributed by atoms with E-state index in [1.165, 1.54) is 0 Å². The van der Waals surface area contributed by atoms with Gasteiger partial charge >= 0.3 is 0 Å². The van der Waals surface area contributed by atoms with Gasteiger partial charge in [0.15, 0.2) is 11.5 Å². The highest BCUT2D eigenvalue weighted by molar-refractivity contribution is 6.04. The number of carbonyl (C=O) groups excluding carboxylic acids is 1. The Morgan fingerprint density at radius 1 is 1.21 bits per heavy atom. The molecule has 1 atom stereocenters. The van der Waals surface area contributed by atoms with Gasteiger partial charge in [0, 0.05) is 25.0 Å². The number of pyridine rings is 1. The van der Waals surface area contributed by atoms with E-state index in [4.69, 9.17) is 9.47 Å². The zero-order chi connectivity index (χ0) is 17.1. The lowest BCUT2D eigenvalue weighted by atomic mass is 9.94. The van der Waals surface area contributed by atoms with Gasteiger partial charge in [-0.2, -0.15) is 0 Å². The van der Waals surface area contributed by atoms with Crippen molar-refractivity contribution in [2.24, 2.45) is 0 Å². The molecule has 0 saturated heterocycles. The summed E-state index contributed by atoms with van der Waals surface area (Å²) in [5.41, 5.74) is 5.70. The Morgan fingerprint density at radius 3 is 2.58 bits per heavy atom. The Labute approximate surface area is 141 Å². The monoisotopic (exact) mass is 327 g/mol. The predicted molar refractivity (Wildman–Crippen MR) is 91.4 cm³/mol. The molecule has 6 heteroatoms. The fourth-order valence-corrected chi connectivity index (χ4v) is 3.11. The number of carbonyl (C=O) groups is 1. The smallest absolute Gasteiger partial charge is 0.248 e. The minimum Gasteiger partial charge on any atom is -0.493 e. The van der Waals surface area contributed by atoms with Gasteiger partial charge in [-0.15, -0.1) is 0 Å². The van der Waals surface area contributed by atoms with Crippen molar-refractivity contribution in [3.63, 3.8) is 0 Å². The second-order valence-electron chi connectivity index (χ2n) is 5.58. The maximum atomic E-state index is 12.8. The number of ether oxygens (including phenoxy) is 2. The molecule has 0 radical (unpaired) electrons. The van der Waals surface area contributed by atoms with Crippen LogP contribution in [0.2, 0.25) is 0 Å². The van der Waals surface area contributed by atoms with Gasteiger partial charge in [-0.25, -0.2) is 10.4 Å². The largest absolute Gasteiger partial charge is 0.493 e. The van der Waals surface area contributed by atoms with E-state index in [1.54, 1.807) is 32.5 Å². The van der Waals surface area contributed by atoms with Gasteiger partial charge in [-0.3, -0.25) is 9.78 Å². The molecule has 126 valence electrons. The van der Waals surface area contributed by atoms with Crippen molar-refractivity contribution >= 4 is 11.6 Å². The molecule has 0 bridgehead atoms. The number of hydrazine groups is 1. The van der Waals surface area contributed by atoms with Crippen LogP contribution in [0.3, 0.4) is 0 Å². The summed E-state index contributed by atoms with van der Waals surface area (Å²) in [7, 11) is 4.92. The molecular weight excluding hydrogens is 306 g/mol. The Balaban J connectivity index is 1.93. The first-order chi connectivity index (χ1) is 11.7. The lowest BCUT2D eigenvalue weighted by Crippen LogP contribution is -2.38. The van der Waals surface area contributed by atoms with E-state index in [0.717, 1.165) is 23.4 Å². The van der Waals surface area contributed by atoms with Crippen LogP contribution >= 0.6 is 0 Å². The Bertz CT molecular complexity index is 734. The molecule has 0 spiro atoms. The number of anilines is 1. The second-order valence-corrected chi connectivity index (χ2v) is 5.58. The zero-order valence-corrected chi connectivity index (χ0v) is 14.1. The zero-order valence-electron chi connectivity index (χ0n) is 14.1. The average molecular weight is 327 g/mol. The van der Waals surface area contributed by atoms with Crippen molar-refractivity contribution in [1.29, 1.82) is 0 Å². The predicted octanol–water partition coefficient (Wildman–Crippen LogP) is 2.30. The van der Waals surface area contributed by atoms with Crippen LogP contribution in [-0.4, -0.2) is 32.2 Å².